The van der Waals surface area contributed by atoms with Crippen LogP contribution in [0.4, 0.5) is 0 Å². The van der Waals surface area contributed by atoms with Crippen molar-refractivity contribution in [1.29, 1.82) is 0 Å². The Morgan fingerprint density at radius 1 is 1.40 bits per heavy atom. The molecule has 1 aliphatic carbocycles. The molecule has 0 fully saturated rings. The van der Waals surface area contributed by atoms with Gasteiger partial charge in [-0.25, -0.2) is 0 Å². The van der Waals surface area contributed by atoms with E-state index in [1.54, 1.807) is 6.92 Å². The first kappa shape index (κ1) is 12.2. The molecule has 0 saturated heterocycles. The molecule has 0 saturated carbocycles. The molecule has 0 amide bonds. The van der Waals surface area contributed by atoms with Crippen LogP contribution in [0.25, 0.3) is 0 Å². The average molecular weight is 208 g/mol. The smallest absolute Gasteiger partial charge is 0.158 e. The van der Waals surface area contributed by atoms with Gasteiger partial charge in [0.1, 0.15) is 5.78 Å². The molecule has 0 radical (unpaired) electrons. The van der Waals surface area contributed by atoms with E-state index in [4.69, 9.17) is 0 Å². The van der Waals surface area contributed by atoms with Gasteiger partial charge in [-0.15, -0.1) is 0 Å². The zero-order chi connectivity index (χ0) is 11.6. The minimum atomic E-state index is 0.0907. The Labute approximate surface area is 91.7 Å². The molecule has 0 aromatic carbocycles. The molecule has 1 rings (SSSR count). The van der Waals surface area contributed by atoms with E-state index in [0.29, 0.717) is 12.8 Å². The average Bonchev–Trinajstić information content (AvgIpc) is 2.11. The van der Waals surface area contributed by atoms with Gasteiger partial charge < -0.3 is 4.79 Å². The lowest BCUT2D eigenvalue weighted by atomic mass is 9.70. The van der Waals surface area contributed by atoms with E-state index in [2.05, 4.69) is 13.8 Å². The maximum Gasteiger partial charge on any atom is 0.158 e. The molecule has 84 valence electrons. The van der Waals surface area contributed by atoms with Crippen molar-refractivity contribution in [3.05, 3.63) is 11.1 Å². The number of hydrogen-bond donors (Lipinski definition) is 0. The quantitative estimate of drug-likeness (QED) is 0.714. The maximum atomic E-state index is 11.6. The first-order chi connectivity index (χ1) is 6.84. The fourth-order valence-corrected chi connectivity index (χ4v) is 2.27. The number of allylic oxidation sites excluding steroid dienone is 2. The van der Waals surface area contributed by atoms with Crippen LogP contribution in [0.3, 0.4) is 0 Å². The summed E-state index contributed by atoms with van der Waals surface area (Å²) in [4.78, 5) is 22.6. The molecule has 1 aliphatic rings. The summed E-state index contributed by atoms with van der Waals surface area (Å²) in [5.74, 6) is 0.456. The van der Waals surface area contributed by atoms with Crippen molar-refractivity contribution in [2.24, 2.45) is 5.41 Å². The van der Waals surface area contributed by atoms with Gasteiger partial charge >= 0.3 is 0 Å². The highest BCUT2D eigenvalue weighted by atomic mass is 16.1. The van der Waals surface area contributed by atoms with Gasteiger partial charge in [-0.1, -0.05) is 19.4 Å². The Hall–Kier alpha value is -0.920. The van der Waals surface area contributed by atoms with Gasteiger partial charge in [-0.05, 0) is 37.7 Å². The lowest BCUT2D eigenvalue weighted by Gasteiger charge is -2.33. The largest absolute Gasteiger partial charge is 0.300 e. The third-order valence-corrected chi connectivity index (χ3v) is 3.39. The molecule has 0 bridgehead atoms. The highest BCUT2D eigenvalue weighted by Gasteiger charge is 2.31. The molecule has 0 atom stereocenters. The van der Waals surface area contributed by atoms with Gasteiger partial charge in [-0.3, -0.25) is 4.79 Å². The summed E-state index contributed by atoms with van der Waals surface area (Å²) in [7, 11) is 0. The number of Topliss-reactive ketones (excluding diaryl/α,β-unsaturated/α-hetero) is 2. The highest BCUT2D eigenvalue weighted by molar-refractivity contribution is 5.96. The molecule has 2 nitrogen and oxygen atoms in total. The van der Waals surface area contributed by atoms with E-state index in [1.807, 2.05) is 6.92 Å². The number of rotatable bonds is 3. The van der Waals surface area contributed by atoms with Gasteiger partial charge in [0, 0.05) is 12.8 Å². The van der Waals surface area contributed by atoms with E-state index < -0.39 is 0 Å². The van der Waals surface area contributed by atoms with Crippen molar-refractivity contribution in [3.63, 3.8) is 0 Å². The maximum absolute atomic E-state index is 11.6. The van der Waals surface area contributed by atoms with Crippen molar-refractivity contribution in [1.82, 2.24) is 0 Å². The number of hydrogen-bond acceptors (Lipinski definition) is 2. The Bertz CT molecular complexity index is 321. The van der Waals surface area contributed by atoms with Gasteiger partial charge in [0.2, 0.25) is 0 Å². The molecule has 2 heteroatoms. The van der Waals surface area contributed by atoms with Gasteiger partial charge in [0.15, 0.2) is 5.78 Å². The third-order valence-electron chi connectivity index (χ3n) is 3.39. The zero-order valence-electron chi connectivity index (χ0n) is 10.1. The molecule has 0 heterocycles. The number of carbonyl (C=O) groups is 2. The van der Waals surface area contributed by atoms with Crippen LogP contribution in [-0.2, 0) is 9.59 Å². The minimum absolute atomic E-state index is 0.0907. The molecule has 0 spiro atoms. The molecule has 0 aromatic heterocycles. The Kier molecular flexibility index (Phi) is 3.48. The summed E-state index contributed by atoms with van der Waals surface area (Å²) >= 11 is 0. The minimum Gasteiger partial charge on any atom is -0.300 e. The second kappa shape index (κ2) is 4.30. The van der Waals surface area contributed by atoms with Crippen LogP contribution in [-0.4, -0.2) is 11.6 Å². The van der Waals surface area contributed by atoms with Gasteiger partial charge in [0.25, 0.3) is 0 Å². The first-order valence-corrected chi connectivity index (χ1v) is 5.57. The summed E-state index contributed by atoms with van der Waals surface area (Å²) in [6.45, 7) is 7.84. The summed E-state index contributed by atoms with van der Waals surface area (Å²) in [5, 5.41) is 0. The summed E-state index contributed by atoms with van der Waals surface area (Å²) < 4.78 is 0. The third kappa shape index (κ3) is 2.77. The second-order valence-electron chi connectivity index (χ2n) is 5.11. The summed E-state index contributed by atoms with van der Waals surface area (Å²) in [6.07, 6.45) is 2.88. The van der Waals surface area contributed by atoms with Crippen LogP contribution in [0.15, 0.2) is 11.1 Å². The Morgan fingerprint density at radius 3 is 2.53 bits per heavy atom. The molecule has 15 heavy (non-hydrogen) atoms. The summed E-state index contributed by atoms with van der Waals surface area (Å²) in [6, 6.07) is 0. The van der Waals surface area contributed by atoms with E-state index in [0.717, 1.165) is 18.4 Å². The Balaban J connectivity index is 2.91. The van der Waals surface area contributed by atoms with Crippen LogP contribution < -0.4 is 0 Å². The predicted molar refractivity (Wildman–Crippen MR) is 60.6 cm³/mol. The molecular formula is C13H20O2. The lowest BCUT2D eigenvalue weighted by molar-refractivity contribution is -0.118. The van der Waals surface area contributed by atoms with Gasteiger partial charge in [0.05, 0.1) is 0 Å². The molecule has 0 unspecified atom stereocenters. The molecular weight excluding hydrogens is 188 g/mol. The van der Waals surface area contributed by atoms with Crippen LogP contribution in [0, 0.1) is 5.41 Å². The molecule has 0 aliphatic heterocycles. The number of ketones is 2. The standard InChI is InChI=1S/C13H20O2/c1-9(14)5-6-11-10(2)12(15)7-8-13(11,3)4/h5-8H2,1-4H3. The van der Waals surface area contributed by atoms with Crippen molar-refractivity contribution >= 4 is 11.6 Å². The fraction of sp³-hybridized carbons (Fsp3) is 0.692. The van der Waals surface area contributed by atoms with Crippen molar-refractivity contribution in [2.45, 2.75) is 53.4 Å². The SMILES string of the molecule is CC(=O)CCC1=C(C)C(=O)CCC1(C)C. The number of carbonyl (C=O) groups excluding carboxylic acids is 2. The van der Waals surface area contributed by atoms with Crippen molar-refractivity contribution in [3.8, 4) is 0 Å². The van der Waals surface area contributed by atoms with Crippen LogP contribution in [0.1, 0.15) is 53.4 Å². The second-order valence-corrected chi connectivity index (χ2v) is 5.11. The van der Waals surface area contributed by atoms with E-state index in [1.165, 1.54) is 5.57 Å². The highest BCUT2D eigenvalue weighted by Crippen LogP contribution is 2.40. The van der Waals surface area contributed by atoms with Crippen LogP contribution in [0.5, 0.6) is 0 Å². The topological polar surface area (TPSA) is 34.1 Å². The fourth-order valence-electron chi connectivity index (χ4n) is 2.27. The van der Waals surface area contributed by atoms with Crippen molar-refractivity contribution < 1.29 is 9.59 Å². The first-order valence-electron chi connectivity index (χ1n) is 5.57. The molecule has 0 aromatic rings. The van der Waals surface area contributed by atoms with Crippen LogP contribution >= 0.6 is 0 Å². The van der Waals surface area contributed by atoms with E-state index in [9.17, 15) is 9.59 Å². The van der Waals surface area contributed by atoms with Crippen molar-refractivity contribution in [2.75, 3.05) is 0 Å². The zero-order valence-corrected chi connectivity index (χ0v) is 10.1. The molecule has 0 N–H and O–H groups in total. The monoisotopic (exact) mass is 208 g/mol. The Morgan fingerprint density at radius 2 is 2.00 bits per heavy atom. The lowest BCUT2D eigenvalue weighted by Crippen LogP contribution is -2.25. The normalized spacial score (nSPS) is 20.7. The van der Waals surface area contributed by atoms with E-state index in [-0.39, 0.29) is 17.0 Å². The summed E-state index contributed by atoms with van der Waals surface area (Å²) in [5.41, 5.74) is 2.18. The van der Waals surface area contributed by atoms with Gasteiger partial charge in [-0.2, -0.15) is 0 Å². The predicted octanol–water partition coefficient (Wildman–Crippen LogP) is 3.06. The van der Waals surface area contributed by atoms with E-state index >= 15 is 0 Å². The van der Waals surface area contributed by atoms with Crippen LogP contribution in [0.2, 0.25) is 0 Å².